The zero-order valence-electron chi connectivity index (χ0n) is 11.7. The fourth-order valence-corrected chi connectivity index (χ4v) is 3.68. The Labute approximate surface area is 114 Å². The average Bonchev–Trinajstić information content (AvgIpc) is 2.95. The quantitative estimate of drug-likeness (QED) is 0.870. The van der Waals surface area contributed by atoms with Gasteiger partial charge in [0.2, 0.25) is 5.91 Å². The highest BCUT2D eigenvalue weighted by atomic mass is 16.1. The summed E-state index contributed by atoms with van der Waals surface area (Å²) in [5.41, 5.74) is 3.30. The van der Waals surface area contributed by atoms with Gasteiger partial charge in [-0.3, -0.25) is 4.79 Å². The summed E-state index contributed by atoms with van der Waals surface area (Å²) in [4.78, 5) is 11.1. The number of hydrogen-bond acceptors (Lipinski definition) is 2. The van der Waals surface area contributed by atoms with E-state index < -0.39 is 0 Å². The number of hydrogen-bond donors (Lipinski definition) is 2. The summed E-state index contributed by atoms with van der Waals surface area (Å²) in [7, 11) is 0. The molecule has 3 heteroatoms. The molecule has 3 unspecified atom stereocenters. The molecule has 0 saturated heterocycles. The molecule has 3 nitrogen and oxygen atoms in total. The summed E-state index contributed by atoms with van der Waals surface area (Å²) in [6.45, 7) is 3.66. The predicted molar refractivity (Wildman–Crippen MR) is 78.3 cm³/mol. The second-order valence-electron chi connectivity index (χ2n) is 6.14. The van der Waals surface area contributed by atoms with Crippen LogP contribution < -0.4 is 10.6 Å². The van der Waals surface area contributed by atoms with Gasteiger partial charge in [-0.05, 0) is 55.7 Å². The fraction of sp³-hybridized carbons (Fsp3) is 0.562. The molecule has 2 fully saturated rings. The van der Waals surface area contributed by atoms with Crippen molar-refractivity contribution in [1.29, 1.82) is 0 Å². The van der Waals surface area contributed by atoms with Crippen LogP contribution in [0.15, 0.2) is 18.2 Å². The fourth-order valence-electron chi connectivity index (χ4n) is 3.68. The summed E-state index contributed by atoms with van der Waals surface area (Å²) >= 11 is 0. The van der Waals surface area contributed by atoms with E-state index in [4.69, 9.17) is 0 Å². The van der Waals surface area contributed by atoms with Crippen molar-refractivity contribution in [3.63, 3.8) is 0 Å². The first-order valence-corrected chi connectivity index (χ1v) is 7.26. The Morgan fingerprint density at radius 2 is 2.11 bits per heavy atom. The molecule has 0 heterocycles. The molecule has 1 amide bonds. The third-order valence-electron chi connectivity index (χ3n) is 4.64. The third-order valence-corrected chi connectivity index (χ3v) is 4.64. The van der Waals surface area contributed by atoms with Crippen LogP contribution in [0.25, 0.3) is 0 Å². The number of amides is 1. The van der Waals surface area contributed by atoms with E-state index in [1.807, 2.05) is 6.07 Å². The van der Waals surface area contributed by atoms with Gasteiger partial charge in [0.25, 0.3) is 0 Å². The zero-order chi connectivity index (χ0) is 13.4. The first-order valence-electron chi connectivity index (χ1n) is 7.26. The minimum absolute atomic E-state index is 0.0188. The van der Waals surface area contributed by atoms with Gasteiger partial charge in [0.15, 0.2) is 0 Å². The molecule has 0 spiro atoms. The van der Waals surface area contributed by atoms with Crippen LogP contribution >= 0.6 is 0 Å². The number of carbonyl (C=O) groups is 1. The first kappa shape index (κ1) is 12.5. The molecule has 0 aromatic heterocycles. The molecule has 1 aromatic rings. The number of anilines is 2. The van der Waals surface area contributed by atoms with Crippen molar-refractivity contribution in [3.05, 3.63) is 23.8 Å². The van der Waals surface area contributed by atoms with Gasteiger partial charge in [-0.25, -0.2) is 0 Å². The van der Waals surface area contributed by atoms with E-state index in [9.17, 15) is 4.79 Å². The van der Waals surface area contributed by atoms with E-state index in [-0.39, 0.29) is 5.91 Å². The number of carbonyl (C=O) groups excluding carboxylic acids is 1. The molecule has 2 bridgehead atoms. The summed E-state index contributed by atoms with van der Waals surface area (Å²) in [5, 5.41) is 6.56. The topological polar surface area (TPSA) is 41.1 Å². The van der Waals surface area contributed by atoms with Gasteiger partial charge in [-0.2, -0.15) is 0 Å². The van der Waals surface area contributed by atoms with Crippen LogP contribution in [0.2, 0.25) is 0 Å². The molecule has 2 aliphatic carbocycles. The van der Waals surface area contributed by atoms with E-state index in [2.05, 4.69) is 29.7 Å². The van der Waals surface area contributed by atoms with E-state index >= 15 is 0 Å². The number of fused-ring (bicyclic) bond motifs is 2. The summed E-state index contributed by atoms with van der Waals surface area (Å²) in [6.07, 6.45) is 5.52. The largest absolute Gasteiger partial charge is 0.382 e. The molecule has 1 aromatic carbocycles. The minimum Gasteiger partial charge on any atom is -0.382 e. The van der Waals surface area contributed by atoms with Crippen molar-refractivity contribution in [2.24, 2.45) is 11.8 Å². The molecule has 3 rings (SSSR count). The lowest BCUT2D eigenvalue weighted by atomic mass is 9.95. The van der Waals surface area contributed by atoms with E-state index in [1.54, 1.807) is 6.92 Å². The second-order valence-corrected chi connectivity index (χ2v) is 6.14. The van der Waals surface area contributed by atoms with E-state index in [1.165, 1.54) is 36.9 Å². The van der Waals surface area contributed by atoms with Crippen molar-refractivity contribution in [2.45, 2.75) is 45.6 Å². The number of benzene rings is 1. The molecule has 102 valence electrons. The maximum Gasteiger partial charge on any atom is 0.221 e. The van der Waals surface area contributed by atoms with Crippen LogP contribution in [0.4, 0.5) is 11.4 Å². The molecule has 2 saturated carbocycles. The maximum absolute atomic E-state index is 11.1. The van der Waals surface area contributed by atoms with Gasteiger partial charge in [-0.15, -0.1) is 0 Å². The van der Waals surface area contributed by atoms with Crippen molar-refractivity contribution in [1.82, 2.24) is 0 Å². The Balaban J connectivity index is 1.74. The van der Waals surface area contributed by atoms with Crippen LogP contribution in [0.5, 0.6) is 0 Å². The summed E-state index contributed by atoms with van der Waals surface area (Å²) in [5.74, 6) is 1.78. The Kier molecular flexibility index (Phi) is 3.21. The summed E-state index contributed by atoms with van der Waals surface area (Å²) in [6, 6.07) is 6.72. The van der Waals surface area contributed by atoms with Gasteiger partial charge in [0.05, 0.1) is 0 Å². The minimum atomic E-state index is -0.0188. The Hall–Kier alpha value is -1.51. The van der Waals surface area contributed by atoms with Crippen LogP contribution in [-0.4, -0.2) is 11.9 Å². The number of nitrogens with one attached hydrogen (secondary N) is 2. The SMILES string of the molecule is CC(=O)Nc1ccc(C)c(NC2CC3CCC2C3)c1. The predicted octanol–water partition coefficient (Wildman–Crippen LogP) is 3.55. The monoisotopic (exact) mass is 258 g/mol. The maximum atomic E-state index is 11.1. The van der Waals surface area contributed by atoms with Crippen molar-refractivity contribution in [2.75, 3.05) is 10.6 Å². The van der Waals surface area contributed by atoms with Gasteiger partial charge >= 0.3 is 0 Å². The van der Waals surface area contributed by atoms with Crippen molar-refractivity contribution < 1.29 is 4.79 Å². The number of aryl methyl sites for hydroxylation is 1. The van der Waals surface area contributed by atoms with Crippen LogP contribution in [-0.2, 0) is 4.79 Å². The Morgan fingerprint density at radius 1 is 1.26 bits per heavy atom. The third kappa shape index (κ3) is 2.60. The summed E-state index contributed by atoms with van der Waals surface area (Å²) < 4.78 is 0. The zero-order valence-corrected chi connectivity index (χ0v) is 11.7. The molecule has 19 heavy (non-hydrogen) atoms. The van der Waals surface area contributed by atoms with E-state index in [0.29, 0.717) is 6.04 Å². The second kappa shape index (κ2) is 4.87. The van der Waals surface area contributed by atoms with Gasteiger partial charge < -0.3 is 10.6 Å². The molecule has 0 aliphatic heterocycles. The Bertz CT molecular complexity index is 498. The van der Waals surface area contributed by atoms with Crippen LogP contribution in [0.3, 0.4) is 0 Å². The highest BCUT2D eigenvalue weighted by Gasteiger charge is 2.39. The van der Waals surface area contributed by atoms with E-state index in [0.717, 1.165) is 17.5 Å². The highest BCUT2D eigenvalue weighted by molar-refractivity contribution is 5.89. The lowest BCUT2D eigenvalue weighted by Gasteiger charge is -2.25. The van der Waals surface area contributed by atoms with Crippen molar-refractivity contribution >= 4 is 17.3 Å². The molecule has 0 radical (unpaired) electrons. The smallest absolute Gasteiger partial charge is 0.221 e. The molecule has 2 N–H and O–H groups in total. The molecular weight excluding hydrogens is 236 g/mol. The lowest BCUT2D eigenvalue weighted by Crippen LogP contribution is -2.26. The number of rotatable bonds is 3. The highest BCUT2D eigenvalue weighted by Crippen LogP contribution is 2.45. The normalized spacial score (nSPS) is 28.4. The molecular formula is C16H22N2O. The van der Waals surface area contributed by atoms with Gasteiger partial charge in [0, 0.05) is 24.3 Å². The molecule has 2 aliphatic rings. The van der Waals surface area contributed by atoms with Gasteiger partial charge in [-0.1, -0.05) is 12.5 Å². The first-order chi connectivity index (χ1) is 9.11. The van der Waals surface area contributed by atoms with Crippen LogP contribution in [0, 0.1) is 18.8 Å². The van der Waals surface area contributed by atoms with Gasteiger partial charge in [0.1, 0.15) is 0 Å². The van der Waals surface area contributed by atoms with Crippen molar-refractivity contribution in [3.8, 4) is 0 Å². The Morgan fingerprint density at radius 3 is 2.74 bits per heavy atom. The van der Waals surface area contributed by atoms with Crippen LogP contribution in [0.1, 0.15) is 38.2 Å². The standard InChI is InChI=1S/C16H22N2O/c1-10-3-6-14(17-11(2)19)9-15(10)18-16-8-12-4-5-13(16)7-12/h3,6,9,12-13,16,18H,4-5,7-8H2,1-2H3,(H,17,19). The average molecular weight is 258 g/mol. The lowest BCUT2D eigenvalue weighted by molar-refractivity contribution is -0.114. The molecule has 3 atom stereocenters.